The Morgan fingerprint density at radius 2 is 1.77 bits per heavy atom. The Balaban J connectivity index is 1.54. The van der Waals surface area contributed by atoms with Crippen LogP contribution in [0.2, 0.25) is 0 Å². The lowest BCUT2D eigenvalue weighted by Crippen LogP contribution is -2.57. The van der Waals surface area contributed by atoms with Gasteiger partial charge in [-0.1, -0.05) is 30.3 Å². The number of amides is 3. The molecule has 0 radical (unpaired) electrons. The molecule has 1 N–H and O–H groups in total. The highest BCUT2D eigenvalue weighted by atomic mass is 16.5. The van der Waals surface area contributed by atoms with E-state index < -0.39 is 5.54 Å². The van der Waals surface area contributed by atoms with Crippen LogP contribution in [0.3, 0.4) is 0 Å². The first-order chi connectivity index (χ1) is 17.0. The van der Waals surface area contributed by atoms with Crippen LogP contribution in [0.15, 0.2) is 48.5 Å². The monoisotopic (exact) mass is 481 g/mol. The molecule has 2 heterocycles. The van der Waals surface area contributed by atoms with Gasteiger partial charge >= 0.3 is 6.03 Å². The standard InChI is InChI=1S/C27H35N3O5/c1-33-16-15-30-25(31)27(28-26(30)32,18-20-7-6-9-23(17-20)34-2)22-11-13-29(14-12-22)19-21-8-4-5-10-24(21)35-3/h4-10,17,22H,11-16,18-19H2,1-3H3,(H,28,32)/t27-/m0/s1. The molecule has 188 valence electrons. The molecule has 4 rings (SSSR count). The summed E-state index contributed by atoms with van der Waals surface area (Å²) in [5.74, 6) is 1.48. The lowest BCUT2D eigenvalue weighted by Gasteiger charge is -2.41. The predicted molar refractivity (Wildman–Crippen MR) is 133 cm³/mol. The zero-order valence-corrected chi connectivity index (χ0v) is 20.8. The molecule has 2 aliphatic heterocycles. The zero-order valence-electron chi connectivity index (χ0n) is 20.8. The minimum Gasteiger partial charge on any atom is -0.497 e. The fraction of sp³-hybridized carbons (Fsp3) is 0.481. The van der Waals surface area contributed by atoms with Crippen molar-refractivity contribution >= 4 is 11.9 Å². The molecular weight excluding hydrogens is 446 g/mol. The average Bonchev–Trinajstić information content (AvgIpc) is 3.12. The second-order valence-electron chi connectivity index (χ2n) is 9.24. The molecule has 0 bridgehead atoms. The van der Waals surface area contributed by atoms with E-state index in [2.05, 4.69) is 16.3 Å². The van der Waals surface area contributed by atoms with E-state index in [1.807, 2.05) is 42.5 Å². The summed E-state index contributed by atoms with van der Waals surface area (Å²) in [6.45, 7) is 3.02. The van der Waals surface area contributed by atoms with Gasteiger partial charge < -0.3 is 19.5 Å². The summed E-state index contributed by atoms with van der Waals surface area (Å²) in [6.07, 6.45) is 2.04. The predicted octanol–water partition coefficient (Wildman–Crippen LogP) is 3.10. The summed E-state index contributed by atoms with van der Waals surface area (Å²) in [5, 5.41) is 3.12. The van der Waals surface area contributed by atoms with Crippen LogP contribution in [-0.4, -0.2) is 74.8 Å². The summed E-state index contributed by atoms with van der Waals surface area (Å²) in [6, 6.07) is 15.4. The maximum absolute atomic E-state index is 13.8. The summed E-state index contributed by atoms with van der Waals surface area (Å²) in [5.41, 5.74) is 1.13. The summed E-state index contributed by atoms with van der Waals surface area (Å²) in [7, 11) is 4.89. The quantitative estimate of drug-likeness (QED) is 0.526. The van der Waals surface area contributed by atoms with Crippen LogP contribution in [0.5, 0.6) is 11.5 Å². The minimum absolute atomic E-state index is 0.0200. The lowest BCUT2D eigenvalue weighted by molar-refractivity contribution is -0.134. The maximum Gasteiger partial charge on any atom is 0.325 e. The van der Waals surface area contributed by atoms with Crippen molar-refractivity contribution in [2.24, 2.45) is 5.92 Å². The van der Waals surface area contributed by atoms with E-state index in [1.165, 1.54) is 4.90 Å². The molecule has 0 saturated carbocycles. The number of imide groups is 1. The fourth-order valence-corrected chi connectivity index (χ4v) is 5.33. The van der Waals surface area contributed by atoms with E-state index >= 15 is 0 Å². The third-order valence-corrected chi connectivity index (χ3v) is 7.21. The number of urea groups is 1. The fourth-order valence-electron chi connectivity index (χ4n) is 5.33. The maximum atomic E-state index is 13.8. The lowest BCUT2D eigenvalue weighted by atomic mass is 9.74. The number of piperidine rings is 1. The summed E-state index contributed by atoms with van der Waals surface area (Å²) in [4.78, 5) is 30.4. The van der Waals surface area contributed by atoms with E-state index in [9.17, 15) is 9.59 Å². The van der Waals surface area contributed by atoms with Crippen molar-refractivity contribution in [2.75, 3.05) is 47.6 Å². The van der Waals surface area contributed by atoms with Crippen molar-refractivity contribution in [3.05, 3.63) is 59.7 Å². The second kappa shape index (κ2) is 11.1. The van der Waals surface area contributed by atoms with Crippen LogP contribution < -0.4 is 14.8 Å². The molecule has 2 aliphatic rings. The summed E-state index contributed by atoms with van der Waals surface area (Å²) >= 11 is 0. The number of hydrogen-bond acceptors (Lipinski definition) is 6. The average molecular weight is 482 g/mol. The number of methoxy groups -OCH3 is 3. The van der Waals surface area contributed by atoms with Crippen LogP contribution in [0.1, 0.15) is 24.0 Å². The van der Waals surface area contributed by atoms with Crippen LogP contribution in [0.25, 0.3) is 0 Å². The number of carbonyl (C=O) groups is 2. The number of hydrogen-bond donors (Lipinski definition) is 1. The Morgan fingerprint density at radius 1 is 1.00 bits per heavy atom. The smallest absolute Gasteiger partial charge is 0.325 e. The van der Waals surface area contributed by atoms with Gasteiger partial charge in [0.1, 0.15) is 17.0 Å². The molecule has 2 fully saturated rings. The first-order valence-corrected chi connectivity index (χ1v) is 12.1. The molecule has 0 unspecified atom stereocenters. The van der Waals surface area contributed by atoms with Gasteiger partial charge in [0.05, 0.1) is 27.4 Å². The number of nitrogens with one attached hydrogen (secondary N) is 1. The van der Waals surface area contributed by atoms with Gasteiger partial charge in [0.25, 0.3) is 5.91 Å². The molecule has 2 saturated heterocycles. The van der Waals surface area contributed by atoms with Gasteiger partial charge in [-0.05, 0) is 55.6 Å². The molecule has 2 aromatic carbocycles. The highest BCUT2D eigenvalue weighted by molar-refractivity contribution is 6.07. The Labute approximate surface area is 207 Å². The molecule has 2 aromatic rings. The Hall–Kier alpha value is -3.10. The van der Waals surface area contributed by atoms with Gasteiger partial charge in [-0.2, -0.15) is 0 Å². The van der Waals surface area contributed by atoms with Crippen LogP contribution in [0.4, 0.5) is 4.79 Å². The molecule has 1 atom stereocenters. The highest BCUT2D eigenvalue weighted by Crippen LogP contribution is 2.37. The Kier molecular flexibility index (Phi) is 7.93. The van der Waals surface area contributed by atoms with Crippen LogP contribution in [0, 0.1) is 5.92 Å². The van der Waals surface area contributed by atoms with Gasteiger partial charge in [-0.15, -0.1) is 0 Å². The minimum atomic E-state index is -0.978. The number of likely N-dealkylation sites (tertiary alicyclic amines) is 1. The third kappa shape index (κ3) is 5.28. The van der Waals surface area contributed by atoms with E-state index in [0.717, 1.165) is 55.1 Å². The van der Waals surface area contributed by atoms with Crippen LogP contribution in [-0.2, 0) is 22.5 Å². The Bertz CT molecular complexity index is 1040. The molecule has 0 aliphatic carbocycles. The number of rotatable bonds is 10. The molecular formula is C27H35N3O5. The topological polar surface area (TPSA) is 80.3 Å². The third-order valence-electron chi connectivity index (χ3n) is 7.21. The van der Waals surface area contributed by atoms with E-state index in [4.69, 9.17) is 14.2 Å². The van der Waals surface area contributed by atoms with Crippen molar-refractivity contribution in [1.29, 1.82) is 0 Å². The van der Waals surface area contributed by atoms with Crippen molar-refractivity contribution in [1.82, 2.24) is 15.1 Å². The molecule has 0 spiro atoms. The van der Waals surface area contributed by atoms with E-state index in [-0.39, 0.29) is 24.4 Å². The SMILES string of the molecule is COCCN1C(=O)N[C@@](Cc2cccc(OC)c2)(C2CCN(Cc3ccccc3OC)CC2)C1=O. The number of carbonyl (C=O) groups excluding carboxylic acids is 2. The highest BCUT2D eigenvalue weighted by Gasteiger charge is 2.55. The number of ether oxygens (including phenoxy) is 3. The molecule has 8 nitrogen and oxygen atoms in total. The molecule has 8 heteroatoms. The van der Waals surface area contributed by atoms with Crippen molar-refractivity contribution in [2.45, 2.75) is 31.3 Å². The van der Waals surface area contributed by atoms with Gasteiger partial charge in [0.15, 0.2) is 0 Å². The van der Waals surface area contributed by atoms with Gasteiger partial charge in [0, 0.05) is 25.6 Å². The largest absolute Gasteiger partial charge is 0.497 e. The number of nitrogens with zero attached hydrogens (tertiary/aromatic N) is 2. The van der Waals surface area contributed by atoms with Gasteiger partial charge in [0.2, 0.25) is 0 Å². The van der Waals surface area contributed by atoms with E-state index in [0.29, 0.717) is 13.0 Å². The van der Waals surface area contributed by atoms with Gasteiger partial charge in [-0.3, -0.25) is 14.6 Å². The first kappa shape index (κ1) is 25.0. The Morgan fingerprint density at radius 3 is 2.49 bits per heavy atom. The first-order valence-electron chi connectivity index (χ1n) is 12.1. The normalized spacial score (nSPS) is 21.3. The molecule has 35 heavy (non-hydrogen) atoms. The zero-order chi connectivity index (χ0) is 24.8. The van der Waals surface area contributed by atoms with Crippen molar-refractivity contribution in [3.8, 4) is 11.5 Å². The second-order valence-corrected chi connectivity index (χ2v) is 9.24. The van der Waals surface area contributed by atoms with Crippen LogP contribution >= 0.6 is 0 Å². The molecule has 3 amide bonds. The van der Waals surface area contributed by atoms with Gasteiger partial charge in [-0.25, -0.2) is 4.79 Å². The number of benzene rings is 2. The molecule has 0 aromatic heterocycles. The number of para-hydroxylation sites is 1. The van der Waals surface area contributed by atoms with Crippen molar-refractivity contribution in [3.63, 3.8) is 0 Å². The van der Waals surface area contributed by atoms with Crippen molar-refractivity contribution < 1.29 is 23.8 Å². The summed E-state index contributed by atoms with van der Waals surface area (Å²) < 4.78 is 16.1. The van der Waals surface area contributed by atoms with E-state index in [1.54, 1.807) is 21.3 Å².